The molecule has 18 heavy (non-hydrogen) atoms. The summed E-state index contributed by atoms with van der Waals surface area (Å²) in [5, 5.41) is 4.99. The van der Waals surface area contributed by atoms with Gasteiger partial charge >= 0.3 is 0 Å². The van der Waals surface area contributed by atoms with Crippen LogP contribution < -0.4 is 10.0 Å². The maximum atomic E-state index is 11.9. The third-order valence-electron chi connectivity index (χ3n) is 2.41. The van der Waals surface area contributed by atoms with E-state index >= 15 is 0 Å². The maximum absolute atomic E-state index is 11.9. The summed E-state index contributed by atoms with van der Waals surface area (Å²) < 4.78 is 27.6. The lowest BCUT2D eigenvalue weighted by Crippen LogP contribution is -2.39. The van der Waals surface area contributed by atoms with Gasteiger partial charge in [0.25, 0.3) is 10.2 Å². The molecule has 0 atom stereocenters. The van der Waals surface area contributed by atoms with Crippen LogP contribution in [0.2, 0.25) is 0 Å². The summed E-state index contributed by atoms with van der Waals surface area (Å²) in [7, 11) is -1.82. The van der Waals surface area contributed by atoms with Crippen LogP contribution in [0, 0.1) is 0 Å². The molecule has 0 aliphatic carbocycles. The van der Waals surface area contributed by atoms with Gasteiger partial charge in [-0.25, -0.2) is 4.98 Å². The molecule has 0 aliphatic rings. The lowest BCUT2D eigenvalue weighted by molar-refractivity contribution is 0.445. The first-order valence-electron chi connectivity index (χ1n) is 5.85. The van der Waals surface area contributed by atoms with Crippen LogP contribution in [0.1, 0.15) is 19.0 Å². The van der Waals surface area contributed by atoms with E-state index in [1.807, 2.05) is 12.3 Å². The minimum Gasteiger partial charge on any atom is -0.317 e. The molecule has 1 aromatic rings. The molecule has 2 N–H and O–H groups in total. The monoisotopic (exact) mass is 292 g/mol. The molecule has 0 fully saturated rings. The number of rotatable bonds is 9. The molecule has 0 spiro atoms. The molecule has 0 saturated heterocycles. The van der Waals surface area contributed by atoms with Crippen LogP contribution in [0.3, 0.4) is 0 Å². The Hall–Kier alpha value is -0.540. The standard InChI is InChI=1S/C10H20N4O2S2/c1-3-11-5-4-6-14(2)18(15,16)13-7-10-8-17-9-12-10/h8-9,11,13H,3-7H2,1-2H3. The second-order valence-corrected chi connectivity index (χ2v) is 6.42. The van der Waals surface area contributed by atoms with E-state index in [1.165, 1.54) is 15.6 Å². The van der Waals surface area contributed by atoms with E-state index in [0.717, 1.165) is 25.2 Å². The Morgan fingerprint density at radius 1 is 1.50 bits per heavy atom. The first kappa shape index (κ1) is 15.5. The predicted octanol–water partition coefficient (Wildman–Crippen LogP) is 0.409. The van der Waals surface area contributed by atoms with E-state index in [1.54, 1.807) is 12.6 Å². The van der Waals surface area contributed by atoms with E-state index in [9.17, 15) is 8.42 Å². The third-order valence-corrected chi connectivity index (χ3v) is 4.55. The summed E-state index contributed by atoms with van der Waals surface area (Å²) in [6.07, 6.45) is 0.794. The molecule has 0 aliphatic heterocycles. The van der Waals surface area contributed by atoms with Crippen molar-refractivity contribution in [2.45, 2.75) is 19.9 Å². The summed E-state index contributed by atoms with van der Waals surface area (Å²) in [4.78, 5) is 4.03. The molecule has 6 nitrogen and oxygen atoms in total. The molecular weight excluding hydrogens is 272 g/mol. The number of aromatic nitrogens is 1. The number of hydrogen-bond donors (Lipinski definition) is 2. The lowest BCUT2D eigenvalue weighted by atomic mass is 10.4. The second kappa shape index (κ2) is 7.80. The fraction of sp³-hybridized carbons (Fsp3) is 0.700. The summed E-state index contributed by atoms with van der Waals surface area (Å²) in [5.74, 6) is 0. The van der Waals surface area contributed by atoms with Gasteiger partial charge in [-0.2, -0.15) is 17.4 Å². The maximum Gasteiger partial charge on any atom is 0.279 e. The molecule has 0 aromatic carbocycles. The third kappa shape index (κ3) is 5.40. The summed E-state index contributed by atoms with van der Waals surface area (Å²) in [6, 6.07) is 0. The molecule has 0 radical (unpaired) electrons. The summed E-state index contributed by atoms with van der Waals surface area (Å²) in [5.41, 5.74) is 2.42. The molecule has 104 valence electrons. The first-order valence-corrected chi connectivity index (χ1v) is 8.23. The molecular formula is C10H20N4O2S2. The van der Waals surface area contributed by atoms with Crippen molar-refractivity contribution >= 4 is 21.5 Å². The zero-order valence-corrected chi connectivity index (χ0v) is 12.4. The van der Waals surface area contributed by atoms with Crippen LogP contribution in [0.4, 0.5) is 0 Å². The predicted molar refractivity (Wildman–Crippen MR) is 73.7 cm³/mol. The highest BCUT2D eigenvalue weighted by Gasteiger charge is 2.16. The summed E-state index contributed by atoms with van der Waals surface area (Å²) >= 11 is 1.45. The van der Waals surface area contributed by atoms with E-state index in [0.29, 0.717) is 6.54 Å². The van der Waals surface area contributed by atoms with Crippen LogP contribution >= 0.6 is 11.3 Å². The Kier molecular flexibility index (Phi) is 6.72. The Morgan fingerprint density at radius 2 is 2.28 bits per heavy atom. The molecule has 1 aromatic heterocycles. The highest BCUT2D eigenvalue weighted by atomic mass is 32.2. The van der Waals surface area contributed by atoms with E-state index < -0.39 is 10.2 Å². The quantitative estimate of drug-likeness (QED) is 0.647. The zero-order valence-electron chi connectivity index (χ0n) is 10.7. The average Bonchev–Trinajstić information content (AvgIpc) is 2.85. The average molecular weight is 292 g/mol. The van der Waals surface area contributed by atoms with Crippen molar-refractivity contribution in [1.29, 1.82) is 0 Å². The Bertz CT molecular complexity index is 419. The van der Waals surface area contributed by atoms with Crippen molar-refractivity contribution in [2.75, 3.05) is 26.7 Å². The second-order valence-electron chi connectivity index (χ2n) is 3.83. The Balaban J connectivity index is 2.33. The van der Waals surface area contributed by atoms with Crippen molar-refractivity contribution in [1.82, 2.24) is 19.3 Å². The van der Waals surface area contributed by atoms with Crippen LogP contribution in [0.15, 0.2) is 10.9 Å². The largest absolute Gasteiger partial charge is 0.317 e. The highest BCUT2D eigenvalue weighted by molar-refractivity contribution is 7.87. The first-order chi connectivity index (χ1) is 8.56. The van der Waals surface area contributed by atoms with E-state index in [2.05, 4.69) is 15.0 Å². The lowest BCUT2D eigenvalue weighted by Gasteiger charge is -2.17. The molecule has 8 heteroatoms. The normalized spacial score (nSPS) is 12.2. The van der Waals surface area contributed by atoms with Gasteiger partial charge in [-0.05, 0) is 19.5 Å². The minimum absolute atomic E-state index is 0.239. The van der Waals surface area contributed by atoms with E-state index in [-0.39, 0.29) is 6.54 Å². The minimum atomic E-state index is -3.40. The van der Waals surface area contributed by atoms with Crippen molar-refractivity contribution in [3.8, 4) is 0 Å². The van der Waals surface area contributed by atoms with Crippen molar-refractivity contribution < 1.29 is 8.42 Å². The van der Waals surface area contributed by atoms with Crippen LogP contribution in [-0.4, -0.2) is 44.4 Å². The number of nitrogens with zero attached hydrogens (tertiary/aromatic N) is 2. The molecule has 0 bridgehead atoms. The van der Waals surface area contributed by atoms with Crippen molar-refractivity contribution in [3.05, 3.63) is 16.6 Å². The summed E-state index contributed by atoms with van der Waals surface area (Å²) in [6.45, 7) is 4.49. The fourth-order valence-corrected chi connectivity index (χ4v) is 2.80. The fourth-order valence-electron chi connectivity index (χ4n) is 1.32. The van der Waals surface area contributed by atoms with Gasteiger partial charge in [0.05, 0.1) is 17.7 Å². The Morgan fingerprint density at radius 3 is 2.89 bits per heavy atom. The topological polar surface area (TPSA) is 74.3 Å². The molecule has 0 unspecified atom stereocenters. The number of nitrogens with one attached hydrogen (secondary N) is 2. The van der Waals surface area contributed by atoms with Gasteiger partial charge in [-0.15, -0.1) is 11.3 Å². The Labute approximate surface area is 113 Å². The number of hydrogen-bond acceptors (Lipinski definition) is 5. The highest BCUT2D eigenvalue weighted by Crippen LogP contribution is 2.02. The van der Waals surface area contributed by atoms with Gasteiger partial charge in [0.1, 0.15) is 0 Å². The van der Waals surface area contributed by atoms with Crippen LogP contribution in [-0.2, 0) is 16.8 Å². The molecule has 0 amide bonds. The number of thiazole rings is 1. The van der Waals surface area contributed by atoms with Gasteiger partial charge < -0.3 is 5.32 Å². The van der Waals surface area contributed by atoms with Gasteiger partial charge in [-0.1, -0.05) is 6.92 Å². The molecule has 1 heterocycles. The van der Waals surface area contributed by atoms with Crippen LogP contribution in [0.25, 0.3) is 0 Å². The smallest absolute Gasteiger partial charge is 0.279 e. The van der Waals surface area contributed by atoms with Gasteiger partial charge in [0.2, 0.25) is 0 Å². The molecule has 1 rings (SSSR count). The SMILES string of the molecule is CCNCCCN(C)S(=O)(=O)NCc1cscn1. The zero-order chi connectivity index (χ0) is 13.4. The van der Waals surface area contributed by atoms with Gasteiger partial charge in [0.15, 0.2) is 0 Å². The van der Waals surface area contributed by atoms with Crippen LogP contribution in [0.5, 0.6) is 0 Å². The molecule has 0 saturated carbocycles. The van der Waals surface area contributed by atoms with Gasteiger partial charge in [-0.3, -0.25) is 0 Å². The van der Waals surface area contributed by atoms with Crippen molar-refractivity contribution in [3.63, 3.8) is 0 Å². The van der Waals surface area contributed by atoms with Crippen molar-refractivity contribution in [2.24, 2.45) is 0 Å². The van der Waals surface area contributed by atoms with E-state index in [4.69, 9.17) is 0 Å². The van der Waals surface area contributed by atoms with Gasteiger partial charge in [0, 0.05) is 19.0 Å².